The maximum absolute atomic E-state index is 6.05. The standard InChI is InChI=1S/C10H9BrCl2N2S/c11-4-7-5-14-10(16-7)15-9-3-6(12)1-2-8(9)13/h1-3,7H,4-5H2,(H,14,15)/t7-/m0/s1. The van der Waals surface area contributed by atoms with Crippen LogP contribution in [0.15, 0.2) is 23.2 Å². The number of hydrogen-bond donors (Lipinski definition) is 1. The van der Waals surface area contributed by atoms with Gasteiger partial charge in [0.1, 0.15) is 0 Å². The fourth-order valence-corrected chi connectivity index (χ4v) is 3.06. The van der Waals surface area contributed by atoms with E-state index in [9.17, 15) is 0 Å². The largest absolute Gasteiger partial charge is 0.334 e. The monoisotopic (exact) mass is 338 g/mol. The minimum Gasteiger partial charge on any atom is -0.334 e. The molecule has 0 bridgehead atoms. The highest BCUT2D eigenvalue weighted by Crippen LogP contribution is 2.29. The number of hydrogen-bond acceptors (Lipinski definition) is 3. The molecule has 0 amide bonds. The van der Waals surface area contributed by atoms with Gasteiger partial charge in [-0.25, -0.2) is 0 Å². The molecule has 0 saturated heterocycles. The summed E-state index contributed by atoms with van der Waals surface area (Å²) < 4.78 is 0. The normalized spacial score (nSPS) is 19.7. The Bertz CT molecular complexity index is 425. The molecule has 1 aromatic rings. The van der Waals surface area contributed by atoms with Crippen LogP contribution in [-0.2, 0) is 0 Å². The molecule has 0 radical (unpaired) electrons. The first-order valence-electron chi connectivity index (χ1n) is 4.68. The molecule has 1 N–H and O–H groups in total. The highest BCUT2D eigenvalue weighted by atomic mass is 79.9. The first kappa shape index (κ1) is 12.6. The van der Waals surface area contributed by atoms with Gasteiger partial charge in [-0.2, -0.15) is 0 Å². The number of nitrogens with zero attached hydrogens (tertiary/aromatic N) is 1. The van der Waals surface area contributed by atoms with Crippen molar-refractivity contribution in [3.63, 3.8) is 0 Å². The van der Waals surface area contributed by atoms with Gasteiger partial charge in [-0.3, -0.25) is 4.99 Å². The van der Waals surface area contributed by atoms with E-state index in [1.54, 1.807) is 30.0 Å². The molecule has 0 unspecified atom stereocenters. The van der Waals surface area contributed by atoms with Crippen molar-refractivity contribution in [2.24, 2.45) is 4.99 Å². The Morgan fingerprint density at radius 1 is 1.50 bits per heavy atom. The molecule has 1 aliphatic heterocycles. The molecule has 1 aliphatic rings. The van der Waals surface area contributed by atoms with Crippen molar-refractivity contribution in [2.45, 2.75) is 5.25 Å². The number of benzene rings is 1. The van der Waals surface area contributed by atoms with Gasteiger partial charge in [-0.1, -0.05) is 50.9 Å². The molecule has 16 heavy (non-hydrogen) atoms. The fourth-order valence-electron chi connectivity index (χ4n) is 1.27. The Morgan fingerprint density at radius 2 is 2.31 bits per heavy atom. The van der Waals surface area contributed by atoms with Crippen LogP contribution in [0.1, 0.15) is 0 Å². The molecular formula is C10H9BrCl2N2S. The summed E-state index contributed by atoms with van der Waals surface area (Å²) in [6.45, 7) is 0.830. The highest BCUT2D eigenvalue weighted by Gasteiger charge is 2.18. The van der Waals surface area contributed by atoms with Gasteiger partial charge in [-0.15, -0.1) is 0 Å². The van der Waals surface area contributed by atoms with Crippen LogP contribution in [0, 0.1) is 0 Å². The molecule has 0 fully saturated rings. The summed E-state index contributed by atoms with van der Waals surface area (Å²) in [6.07, 6.45) is 0. The van der Waals surface area contributed by atoms with Crippen molar-refractivity contribution in [3.05, 3.63) is 28.2 Å². The molecule has 86 valence electrons. The van der Waals surface area contributed by atoms with Crippen LogP contribution in [0.25, 0.3) is 0 Å². The highest BCUT2D eigenvalue weighted by molar-refractivity contribution is 9.09. The van der Waals surface area contributed by atoms with Gasteiger partial charge < -0.3 is 5.32 Å². The second-order valence-electron chi connectivity index (χ2n) is 3.29. The third-order valence-corrected chi connectivity index (χ3v) is 4.94. The summed E-state index contributed by atoms with van der Waals surface area (Å²) in [7, 11) is 0. The zero-order chi connectivity index (χ0) is 11.5. The predicted octanol–water partition coefficient (Wildman–Crippen LogP) is 4.27. The van der Waals surface area contributed by atoms with Crippen molar-refractivity contribution in [1.82, 2.24) is 0 Å². The van der Waals surface area contributed by atoms with E-state index in [1.807, 2.05) is 0 Å². The lowest BCUT2D eigenvalue weighted by atomic mass is 10.3. The molecule has 1 aromatic carbocycles. The Balaban J connectivity index is 2.07. The lowest BCUT2D eigenvalue weighted by Crippen LogP contribution is -2.08. The number of alkyl halides is 1. The van der Waals surface area contributed by atoms with Gasteiger partial charge in [0, 0.05) is 15.6 Å². The molecule has 2 nitrogen and oxygen atoms in total. The molecule has 0 spiro atoms. The summed E-state index contributed by atoms with van der Waals surface area (Å²) in [5, 5.41) is 6.84. The number of amidine groups is 1. The van der Waals surface area contributed by atoms with Gasteiger partial charge in [0.05, 0.1) is 17.3 Å². The van der Waals surface area contributed by atoms with Gasteiger partial charge in [0.2, 0.25) is 0 Å². The number of halogens is 3. The van der Waals surface area contributed by atoms with Gasteiger partial charge in [-0.05, 0) is 18.2 Å². The van der Waals surface area contributed by atoms with E-state index < -0.39 is 0 Å². The Labute approximate surface area is 117 Å². The van der Waals surface area contributed by atoms with Crippen LogP contribution >= 0.6 is 50.9 Å². The minimum absolute atomic E-state index is 0.500. The second kappa shape index (κ2) is 5.63. The zero-order valence-corrected chi connectivity index (χ0v) is 12.1. The third-order valence-electron chi connectivity index (χ3n) is 2.06. The molecular weight excluding hydrogens is 331 g/mol. The predicted molar refractivity (Wildman–Crippen MR) is 77.6 cm³/mol. The van der Waals surface area contributed by atoms with Crippen LogP contribution in [0.5, 0.6) is 0 Å². The van der Waals surface area contributed by atoms with Crippen LogP contribution in [0.3, 0.4) is 0 Å². The van der Waals surface area contributed by atoms with Gasteiger partial charge in [0.15, 0.2) is 5.17 Å². The van der Waals surface area contributed by atoms with Crippen molar-refractivity contribution >= 4 is 61.7 Å². The number of aliphatic imine (C=N–C) groups is 1. The first-order valence-corrected chi connectivity index (χ1v) is 7.44. The van der Waals surface area contributed by atoms with Crippen LogP contribution in [-0.4, -0.2) is 22.3 Å². The average Bonchev–Trinajstić information content (AvgIpc) is 2.71. The smallest absolute Gasteiger partial charge is 0.161 e. The summed E-state index contributed by atoms with van der Waals surface area (Å²) in [4.78, 5) is 4.39. The quantitative estimate of drug-likeness (QED) is 0.813. The Kier molecular flexibility index (Phi) is 4.41. The van der Waals surface area contributed by atoms with Crippen molar-refractivity contribution in [2.75, 3.05) is 17.2 Å². The zero-order valence-electron chi connectivity index (χ0n) is 8.21. The summed E-state index contributed by atoms with van der Waals surface area (Å²) in [6, 6.07) is 5.34. The first-order chi connectivity index (χ1) is 7.69. The van der Waals surface area contributed by atoms with Crippen molar-refractivity contribution in [3.8, 4) is 0 Å². The molecule has 2 rings (SSSR count). The van der Waals surface area contributed by atoms with E-state index in [0.717, 1.165) is 22.7 Å². The molecule has 1 atom stereocenters. The number of rotatable bonds is 2. The second-order valence-corrected chi connectivity index (χ2v) is 6.07. The van der Waals surface area contributed by atoms with E-state index in [-0.39, 0.29) is 0 Å². The Hall–Kier alpha value is 0.1000. The SMILES string of the molecule is Clc1ccc(Cl)c(NC2=NC[C@H](CBr)S2)c1. The summed E-state index contributed by atoms with van der Waals surface area (Å²) in [5.74, 6) is 0. The number of nitrogens with one attached hydrogen (secondary N) is 1. The van der Waals surface area contributed by atoms with E-state index in [2.05, 4.69) is 26.2 Å². The van der Waals surface area contributed by atoms with E-state index in [0.29, 0.717) is 15.3 Å². The van der Waals surface area contributed by atoms with E-state index in [1.165, 1.54) is 0 Å². The van der Waals surface area contributed by atoms with Crippen LogP contribution in [0.4, 0.5) is 5.69 Å². The van der Waals surface area contributed by atoms with Crippen molar-refractivity contribution < 1.29 is 0 Å². The summed E-state index contributed by atoms with van der Waals surface area (Å²) in [5.41, 5.74) is 0.802. The van der Waals surface area contributed by atoms with Crippen molar-refractivity contribution in [1.29, 1.82) is 0 Å². The van der Waals surface area contributed by atoms with Crippen LogP contribution in [0.2, 0.25) is 10.0 Å². The molecule has 0 aromatic heterocycles. The fraction of sp³-hybridized carbons (Fsp3) is 0.300. The molecule has 1 heterocycles. The van der Waals surface area contributed by atoms with E-state index in [4.69, 9.17) is 23.2 Å². The Morgan fingerprint density at radius 3 is 3.00 bits per heavy atom. The topological polar surface area (TPSA) is 24.4 Å². The lowest BCUT2D eigenvalue weighted by molar-refractivity contribution is 0.993. The lowest BCUT2D eigenvalue weighted by Gasteiger charge is -2.08. The summed E-state index contributed by atoms with van der Waals surface area (Å²) >= 11 is 17.1. The maximum Gasteiger partial charge on any atom is 0.161 e. The third kappa shape index (κ3) is 3.06. The molecule has 6 heteroatoms. The molecule has 0 aliphatic carbocycles. The van der Waals surface area contributed by atoms with Crippen LogP contribution < -0.4 is 5.32 Å². The molecule has 0 saturated carbocycles. The van der Waals surface area contributed by atoms with E-state index >= 15 is 0 Å². The maximum atomic E-state index is 6.05. The minimum atomic E-state index is 0.500. The average molecular weight is 340 g/mol. The van der Waals surface area contributed by atoms with Gasteiger partial charge >= 0.3 is 0 Å². The number of anilines is 1. The number of thioether (sulfide) groups is 1. The van der Waals surface area contributed by atoms with Gasteiger partial charge in [0.25, 0.3) is 0 Å².